The summed E-state index contributed by atoms with van der Waals surface area (Å²) < 4.78 is 31.7. The van der Waals surface area contributed by atoms with Crippen LogP contribution in [0.25, 0.3) is 11.1 Å². The van der Waals surface area contributed by atoms with Crippen molar-refractivity contribution < 1.29 is 27.9 Å². The summed E-state index contributed by atoms with van der Waals surface area (Å²) in [6, 6.07) is 49.5. The molecule has 2 amide bonds. The minimum Gasteiger partial charge on any atom is -0.475 e. The summed E-state index contributed by atoms with van der Waals surface area (Å²) >= 11 is 0. The molecule has 0 atom stereocenters. The maximum Gasteiger partial charge on any atom is 0.490 e. The van der Waals surface area contributed by atoms with Gasteiger partial charge in [-0.25, -0.2) is 9.59 Å². The smallest absolute Gasteiger partial charge is 0.475 e. The molecule has 7 nitrogen and oxygen atoms in total. The molecule has 0 bridgehead atoms. The van der Waals surface area contributed by atoms with Crippen LogP contribution in [-0.4, -0.2) is 65.3 Å². The molecular formula is C45H49F3N4O3. The number of benzene rings is 5. The maximum absolute atomic E-state index is 13.8. The van der Waals surface area contributed by atoms with Crippen molar-refractivity contribution in [1.82, 2.24) is 20.4 Å². The van der Waals surface area contributed by atoms with Crippen molar-refractivity contribution in [3.63, 3.8) is 0 Å². The number of likely N-dealkylation sites (tertiary alicyclic amines) is 1. The summed E-state index contributed by atoms with van der Waals surface area (Å²) in [7, 11) is 0. The van der Waals surface area contributed by atoms with Crippen LogP contribution in [0.15, 0.2) is 140 Å². The fourth-order valence-corrected chi connectivity index (χ4v) is 6.63. The Hall–Kier alpha value is -5.45. The monoisotopic (exact) mass is 750 g/mol. The zero-order chi connectivity index (χ0) is 38.9. The first-order valence-electron chi connectivity index (χ1n) is 18.7. The van der Waals surface area contributed by atoms with Gasteiger partial charge in [0.05, 0.1) is 0 Å². The van der Waals surface area contributed by atoms with E-state index in [2.05, 4.69) is 154 Å². The van der Waals surface area contributed by atoms with Crippen molar-refractivity contribution in [2.75, 3.05) is 26.2 Å². The fourth-order valence-electron chi connectivity index (χ4n) is 6.63. The molecule has 1 heterocycles. The zero-order valence-corrected chi connectivity index (χ0v) is 30.9. The number of piperidine rings is 1. The Morgan fingerprint density at radius 1 is 0.655 bits per heavy atom. The number of carbonyl (C=O) groups is 2. The third-order valence-corrected chi connectivity index (χ3v) is 9.61. The van der Waals surface area contributed by atoms with Gasteiger partial charge in [0.1, 0.15) is 0 Å². The van der Waals surface area contributed by atoms with E-state index in [0.29, 0.717) is 13.1 Å². The van der Waals surface area contributed by atoms with E-state index in [1.807, 2.05) is 6.07 Å². The molecule has 1 aliphatic heterocycles. The topological polar surface area (TPSA) is 84.9 Å². The lowest BCUT2D eigenvalue weighted by molar-refractivity contribution is -0.192. The number of alkyl halides is 3. The number of halogens is 3. The lowest BCUT2D eigenvalue weighted by Gasteiger charge is -2.38. The Balaban J connectivity index is 0.000000757. The Kier molecular flexibility index (Phi) is 15.4. The number of urea groups is 1. The number of hydrogen-bond donors (Lipinski definition) is 3. The van der Waals surface area contributed by atoms with Crippen LogP contribution >= 0.6 is 0 Å². The Labute approximate surface area is 321 Å². The van der Waals surface area contributed by atoms with E-state index in [4.69, 9.17) is 9.90 Å². The Morgan fingerprint density at radius 3 is 1.75 bits per heavy atom. The Bertz CT molecular complexity index is 1880. The summed E-state index contributed by atoms with van der Waals surface area (Å²) in [4.78, 5) is 27.3. The van der Waals surface area contributed by atoms with Crippen LogP contribution in [0.2, 0.25) is 0 Å². The molecule has 0 aliphatic carbocycles. The van der Waals surface area contributed by atoms with Gasteiger partial charge in [-0.2, -0.15) is 13.2 Å². The van der Waals surface area contributed by atoms with Gasteiger partial charge in [0, 0.05) is 45.3 Å². The predicted octanol–water partition coefficient (Wildman–Crippen LogP) is 8.74. The van der Waals surface area contributed by atoms with Crippen LogP contribution < -0.4 is 10.6 Å². The van der Waals surface area contributed by atoms with E-state index in [9.17, 15) is 18.0 Å². The zero-order valence-electron chi connectivity index (χ0n) is 30.9. The standard InChI is InChI=1S/C43H48N4O.C2HF3O2/c48-43(45-28-24-36-13-6-2-7-14-36)47(42-25-29-46(30-26-42)33-38-15-8-3-9-16-38)34-39-17-10-18-41(31-39)40-21-19-37(20-22-40)32-44-27-23-35-11-4-1-5-12-35;3-2(4,5)1(6)7/h1-22,31,42,44H,23-30,32-34H2,(H,45,48);(H,6,7). The van der Waals surface area contributed by atoms with Crippen molar-refractivity contribution in [2.24, 2.45) is 0 Å². The first kappa shape index (κ1) is 40.7. The highest BCUT2D eigenvalue weighted by atomic mass is 19.4. The molecule has 288 valence electrons. The van der Waals surface area contributed by atoms with Gasteiger partial charge in [-0.3, -0.25) is 4.90 Å². The molecule has 10 heteroatoms. The van der Waals surface area contributed by atoms with Crippen LogP contribution in [0, 0.1) is 0 Å². The summed E-state index contributed by atoms with van der Waals surface area (Å²) in [5, 5.41) is 13.9. The number of carboxylic acid groups (broad SMARTS) is 1. The van der Waals surface area contributed by atoms with Gasteiger partial charge in [0.15, 0.2) is 0 Å². The molecule has 0 saturated carbocycles. The summed E-state index contributed by atoms with van der Waals surface area (Å²) in [6.45, 7) is 5.96. The lowest BCUT2D eigenvalue weighted by atomic mass is 9.99. The van der Waals surface area contributed by atoms with Crippen molar-refractivity contribution in [2.45, 2.75) is 57.5 Å². The number of nitrogens with one attached hydrogen (secondary N) is 2. The second kappa shape index (κ2) is 20.9. The normalized spacial score (nSPS) is 13.4. The van der Waals surface area contributed by atoms with E-state index in [0.717, 1.165) is 64.0 Å². The van der Waals surface area contributed by atoms with E-state index in [-0.39, 0.29) is 12.1 Å². The molecule has 5 aromatic carbocycles. The number of rotatable bonds is 14. The number of carboxylic acids is 1. The third kappa shape index (κ3) is 13.7. The van der Waals surface area contributed by atoms with Crippen molar-refractivity contribution in [1.29, 1.82) is 0 Å². The van der Waals surface area contributed by atoms with Crippen LogP contribution in [0.4, 0.5) is 18.0 Å². The average Bonchev–Trinajstić information content (AvgIpc) is 3.20. The van der Waals surface area contributed by atoms with Gasteiger partial charge < -0.3 is 20.6 Å². The van der Waals surface area contributed by atoms with Gasteiger partial charge in [-0.05, 0) is 77.2 Å². The lowest BCUT2D eigenvalue weighted by Crippen LogP contribution is -2.50. The van der Waals surface area contributed by atoms with Gasteiger partial charge >= 0.3 is 18.2 Å². The molecule has 1 fully saturated rings. The second-order valence-electron chi connectivity index (χ2n) is 13.7. The van der Waals surface area contributed by atoms with E-state index >= 15 is 0 Å². The quantitative estimate of drug-likeness (QED) is 0.0990. The number of carbonyl (C=O) groups excluding carboxylic acids is 1. The largest absolute Gasteiger partial charge is 0.490 e. The minimum atomic E-state index is -5.08. The van der Waals surface area contributed by atoms with Gasteiger partial charge in [0.25, 0.3) is 0 Å². The maximum atomic E-state index is 13.8. The van der Waals surface area contributed by atoms with Crippen LogP contribution in [-0.2, 0) is 37.3 Å². The summed E-state index contributed by atoms with van der Waals surface area (Å²) in [6.07, 6.45) is -1.29. The van der Waals surface area contributed by atoms with E-state index < -0.39 is 12.1 Å². The van der Waals surface area contributed by atoms with Crippen molar-refractivity contribution >= 4 is 12.0 Å². The molecule has 1 aliphatic rings. The first-order chi connectivity index (χ1) is 26.6. The molecule has 55 heavy (non-hydrogen) atoms. The van der Waals surface area contributed by atoms with Gasteiger partial charge in [-0.1, -0.05) is 133 Å². The third-order valence-electron chi connectivity index (χ3n) is 9.61. The Morgan fingerprint density at radius 2 is 1.18 bits per heavy atom. The van der Waals surface area contributed by atoms with Crippen molar-refractivity contribution in [3.05, 3.63) is 167 Å². The summed E-state index contributed by atoms with van der Waals surface area (Å²) in [5.74, 6) is -2.76. The van der Waals surface area contributed by atoms with E-state index in [1.165, 1.54) is 33.4 Å². The molecule has 5 aromatic rings. The molecule has 0 spiro atoms. The van der Waals surface area contributed by atoms with Crippen LogP contribution in [0.5, 0.6) is 0 Å². The highest BCUT2D eigenvalue weighted by Gasteiger charge is 2.38. The van der Waals surface area contributed by atoms with E-state index in [1.54, 1.807) is 0 Å². The molecule has 0 aromatic heterocycles. The average molecular weight is 751 g/mol. The van der Waals surface area contributed by atoms with Gasteiger partial charge in [0.2, 0.25) is 0 Å². The second-order valence-corrected chi connectivity index (χ2v) is 13.7. The number of aliphatic carboxylic acids is 1. The number of nitrogens with zero attached hydrogens (tertiary/aromatic N) is 2. The molecule has 0 unspecified atom stereocenters. The summed E-state index contributed by atoms with van der Waals surface area (Å²) in [5.41, 5.74) is 8.74. The number of amides is 2. The highest BCUT2D eigenvalue weighted by Crippen LogP contribution is 2.25. The molecule has 0 radical (unpaired) electrons. The highest BCUT2D eigenvalue weighted by molar-refractivity contribution is 5.75. The predicted molar refractivity (Wildman–Crippen MR) is 211 cm³/mol. The molecule has 1 saturated heterocycles. The van der Waals surface area contributed by atoms with Crippen LogP contribution in [0.3, 0.4) is 0 Å². The molecular weight excluding hydrogens is 702 g/mol. The molecule has 6 rings (SSSR count). The van der Waals surface area contributed by atoms with Crippen LogP contribution in [0.1, 0.15) is 40.7 Å². The number of hydrogen-bond acceptors (Lipinski definition) is 4. The van der Waals surface area contributed by atoms with Gasteiger partial charge in [-0.15, -0.1) is 0 Å². The molecule has 3 N–H and O–H groups in total. The van der Waals surface area contributed by atoms with Crippen molar-refractivity contribution in [3.8, 4) is 11.1 Å². The minimum absolute atomic E-state index is 0.0296. The first-order valence-corrected chi connectivity index (χ1v) is 18.7. The SMILES string of the molecule is O=C(NCCc1ccccc1)N(Cc1cccc(-c2ccc(CNCCc3ccccc3)cc2)c1)C1CCN(Cc2ccccc2)CC1.O=C(O)C(F)(F)F. The fraction of sp³-hybridized carbons (Fsp3) is 0.289.